The molecule has 3 heterocycles. The highest BCUT2D eigenvalue weighted by molar-refractivity contribution is 8.22. The molecule has 1 amide bonds. The van der Waals surface area contributed by atoms with Crippen molar-refractivity contribution < 1.29 is 9.21 Å². The molecule has 4 nitrogen and oxygen atoms in total. The zero-order valence-electron chi connectivity index (χ0n) is 14.7. The van der Waals surface area contributed by atoms with Crippen molar-refractivity contribution >= 4 is 16.8 Å². The topological polar surface area (TPSA) is 36.7 Å². The molecule has 0 aliphatic carbocycles. The fourth-order valence-electron chi connectivity index (χ4n) is 3.25. The van der Waals surface area contributed by atoms with Gasteiger partial charge in [0.05, 0.1) is 6.54 Å². The number of carbonyl (C=O) groups excluding carboxylic acids is 1. The molecule has 0 spiro atoms. The minimum Gasteiger partial charge on any atom is -0.464 e. The number of furan rings is 1. The Labute approximate surface area is 147 Å². The zero-order chi connectivity index (χ0) is 16.9. The van der Waals surface area contributed by atoms with Gasteiger partial charge in [-0.05, 0) is 49.6 Å². The average molecular weight is 349 g/mol. The molecule has 0 fully saturated rings. The van der Waals surface area contributed by atoms with Gasteiger partial charge in [0.2, 0.25) is 5.91 Å². The van der Waals surface area contributed by atoms with Crippen LogP contribution in [-0.2, 0) is 24.3 Å². The van der Waals surface area contributed by atoms with Crippen molar-refractivity contribution in [3.05, 3.63) is 46.1 Å². The van der Waals surface area contributed by atoms with Gasteiger partial charge in [0, 0.05) is 31.5 Å². The van der Waals surface area contributed by atoms with Crippen molar-refractivity contribution in [3.8, 4) is 0 Å². The molecule has 0 aromatic carbocycles. The average Bonchev–Trinajstić information content (AvgIpc) is 3.18. The fraction of sp³-hybridized carbons (Fsp3) is 0.526. The molecule has 1 aromatic heterocycles. The molecule has 0 atom stereocenters. The van der Waals surface area contributed by atoms with Crippen molar-refractivity contribution in [1.29, 1.82) is 0 Å². The number of allylic oxidation sites excluding steroid dienone is 2. The van der Waals surface area contributed by atoms with Crippen LogP contribution in [0.4, 0.5) is 0 Å². The van der Waals surface area contributed by atoms with Gasteiger partial charge >= 0.3 is 0 Å². The first-order valence-electron chi connectivity index (χ1n) is 8.75. The van der Waals surface area contributed by atoms with Crippen LogP contribution in [0.1, 0.15) is 36.3 Å². The number of hydrogen-bond acceptors (Lipinski definition) is 3. The van der Waals surface area contributed by atoms with Crippen LogP contribution in [0.5, 0.6) is 0 Å². The van der Waals surface area contributed by atoms with Crippen molar-refractivity contribution in [2.24, 2.45) is 0 Å². The maximum Gasteiger partial charge on any atom is 0.222 e. The minimum absolute atomic E-state index is 0.0323. The van der Waals surface area contributed by atoms with E-state index < -0.39 is 0 Å². The van der Waals surface area contributed by atoms with Gasteiger partial charge in [0.1, 0.15) is 11.5 Å². The number of fused-ring (bicyclic) bond motifs is 1. The Hall–Kier alpha value is -1.46. The second-order valence-electron chi connectivity index (χ2n) is 6.84. The lowest BCUT2D eigenvalue weighted by Gasteiger charge is -2.26. The van der Waals surface area contributed by atoms with Gasteiger partial charge in [-0.3, -0.25) is 4.79 Å². The molecule has 0 radical (unpaired) electrons. The number of amides is 1. The first kappa shape index (κ1) is 17.4. The Morgan fingerprint density at radius 3 is 2.83 bits per heavy atom. The molecule has 0 saturated heterocycles. The predicted molar refractivity (Wildman–Crippen MR) is 101 cm³/mol. The summed E-state index contributed by atoms with van der Waals surface area (Å²) in [5.74, 6) is 3.58. The Balaban J connectivity index is 1.44. The van der Waals surface area contributed by atoms with Crippen molar-refractivity contribution in [2.75, 3.05) is 26.4 Å². The summed E-state index contributed by atoms with van der Waals surface area (Å²) in [4.78, 5) is 16.6. The number of nitrogens with zero attached hydrogens (tertiary/aromatic N) is 2. The third-order valence-corrected chi connectivity index (χ3v) is 6.41. The minimum atomic E-state index is -0.0323. The molecular formula is C19H28N2O2S. The molecule has 3 rings (SSSR count). The van der Waals surface area contributed by atoms with E-state index in [4.69, 9.17) is 4.42 Å². The Kier molecular flexibility index (Phi) is 5.85. The van der Waals surface area contributed by atoms with Gasteiger partial charge in [-0.1, -0.05) is 12.2 Å². The summed E-state index contributed by atoms with van der Waals surface area (Å²) >= 11 is 0. The highest BCUT2D eigenvalue weighted by atomic mass is 32.2. The summed E-state index contributed by atoms with van der Waals surface area (Å²) in [6.45, 7) is 2.31. The standard InChI is InChI=1S/C19H28N2O2S/c1-20(2)15-17-13-16-14-21(9-8-18(16)23-17)19(22)7-3-4-10-24-11-5-6-12-24/h5-6,11-13,24H,3-4,7-10,14-15H2,1-2H3. The highest BCUT2D eigenvalue weighted by Crippen LogP contribution is 2.33. The zero-order valence-corrected chi connectivity index (χ0v) is 15.6. The molecule has 0 unspecified atom stereocenters. The molecule has 2 aliphatic rings. The van der Waals surface area contributed by atoms with E-state index in [0.717, 1.165) is 43.9 Å². The first-order chi connectivity index (χ1) is 11.6. The molecule has 0 bridgehead atoms. The highest BCUT2D eigenvalue weighted by Gasteiger charge is 2.23. The van der Waals surface area contributed by atoms with Crippen LogP contribution in [0.15, 0.2) is 33.5 Å². The van der Waals surface area contributed by atoms with Gasteiger partial charge in [-0.25, -0.2) is 10.9 Å². The van der Waals surface area contributed by atoms with Crippen LogP contribution in [0, 0.1) is 0 Å². The van der Waals surface area contributed by atoms with E-state index in [1.54, 1.807) is 0 Å². The summed E-state index contributed by atoms with van der Waals surface area (Å²) in [7, 11) is 4.04. The molecule has 1 aromatic rings. The molecule has 0 N–H and O–H groups in total. The van der Waals surface area contributed by atoms with Gasteiger partial charge < -0.3 is 14.2 Å². The number of thiol groups is 1. The predicted octanol–water partition coefficient (Wildman–Crippen LogP) is 3.44. The van der Waals surface area contributed by atoms with Gasteiger partial charge in [0.15, 0.2) is 0 Å². The van der Waals surface area contributed by atoms with E-state index in [9.17, 15) is 4.79 Å². The van der Waals surface area contributed by atoms with E-state index >= 15 is 0 Å². The largest absolute Gasteiger partial charge is 0.464 e. The third-order valence-electron chi connectivity index (χ3n) is 4.47. The fourth-order valence-corrected chi connectivity index (χ4v) is 4.87. The quantitative estimate of drug-likeness (QED) is 0.606. The lowest BCUT2D eigenvalue weighted by atomic mass is 10.1. The smallest absolute Gasteiger partial charge is 0.222 e. The van der Waals surface area contributed by atoms with Crippen molar-refractivity contribution in [3.63, 3.8) is 0 Å². The van der Waals surface area contributed by atoms with Crippen LogP contribution in [-0.4, -0.2) is 42.1 Å². The SMILES string of the molecule is CN(C)Cc1cc2c(o1)CCN(C(=O)CCCC[SH]1C=CC=C1)C2. The van der Waals surface area contributed by atoms with Crippen LogP contribution in [0.2, 0.25) is 0 Å². The van der Waals surface area contributed by atoms with Gasteiger partial charge in [0.25, 0.3) is 0 Å². The van der Waals surface area contributed by atoms with Crippen LogP contribution >= 0.6 is 10.9 Å². The summed E-state index contributed by atoms with van der Waals surface area (Å²) in [5, 5.41) is 4.60. The normalized spacial score (nSPS) is 17.8. The first-order valence-corrected chi connectivity index (χ1v) is 10.4. The summed E-state index contributed by atoms with van der Waals surface area (Å²) < 4.78 is 5.91. The number of carbonyl (C=O) groups is 1. The number of rotatable bonds is 7. The summed E-state index contributed by atoms with van der Waals surface area (Å²) in [6.07, 6.45) is 7.93. The Morgan fingerprint density at radius 1 is 1.29 bits per heavy atom. The van der Waals surface area contributed by atoms with Gasteiger partial charge in [-0.2, -0.15) is 0 Å². The molecular weight excluding hydrogens is 320 g/mol. The van der Waals surface area contributed by atoms with E-state index in [1.807, 2.05) is 19.0 Å². The lowest BCUT2D eigenvalue weighted by molar-refractivity contribution is -0.132. The molecule has 132 valence electrons. The lowest BCUT2D eigenvalue weighted by Crippen LogP contribution is -2.35. The molecule has 5 heteroatoms. The van der Waals surface area contributed by atoms with E-state index in [1.165, 1.54) is 11.3 Å². The second-order valence-corrected chi connectivity index (χ2v) is 8.91. The van der Waals surface area contributed by atoms with Gasteiger partial charge in [-0.15, -0.1) is 0 Å². The Morgan fingerprint density at radius 2 is 2.08 bits per heavy atom. The molecule has 0 saturated carbocycles. The van der Waals surface area contributed by atoms with Crippen molar-refractivity contribution in [2.45, 2.75) is 38.8 Å². The summed E-state index contributed by atoms with van der Waals surface area (Å²) in [6, 6.07) is 2.12. The molecule has 2 aliphatic heterocycles. The van der Waals surface area contributed by atoms with Crippen LogP contribution in [0.3, 0.4) is 0 Å². The summed E-state index contributed by atoms with van der Waals surface area (Å²) in [5.41, 5.74) is 1.19. The Bertz CT molecular complexity index is 621. The number of unbranched alkanes of at least 4 members (excludes halogenated alkanes) is 1. The number of hydrogen-bond donors (Lipinski definition) is 1. The van der Waals surface area contributed by atoms with Crippen molar-refractivity contribution in [1.82, 2.24) is 9.80 Å². The maximum atomic E-state index is 12.5. The van der Waals surface area contributed by atoms with E-state index in [-0.39, 0.29) is 10.9 Å². The van der Waals surface area contributed by atoms with E-state index in [0.29, 0.717) is 18.9 Å². The van der Waals surface area contributed by atoms with Crippen LogP contribution in [0.25, 0.3) is 0 Å². The second kappa shape index (κ2) is 8.08. The van der Waals surface area contributed by atoms with E-state index in [2.05, 4.69) is 33.9 Å². The van der Waals surface area contributed by atoms with Crippen LogP contribution < -0.4 is 0 Å². The monoisotopic (exact) mass is 348 g/mol. The maximum absolute atomic E-state index is 12.5. The third kappa shape index (κ3) is 4.54. The molecule has 24 heavy (non-hydrogen) atoms.